The van der Waals surface area contributed by atoms with Crippen molar-refractivity contribution in [2.75, 3.05) is 33.2 Å². The van der Waals surface area contributed by atoms with Gasteiger partial charge < -0.3 is 10.2 Å². The second-order valence-corrected chi connectivity index (χ2v) is 5.90. The van der Waals surface area contributed by atoms with Gasteiger partial charge in [0.2, 0.25) is 5.91 Å². The van der Waals surface area contributed by atoms with Crippen LogP contribution in [-0.2, 0) is 4.79 Å². The molecule has 1 rings (SSSR count). The molecule has 0 bridgehead atoms. The number of nitrogens with zero attached hydrogens (tertiary/aromatic N) is 2. The Kier molecular flexibility index (Phi) is 11.6. The van der Waals surface area contributed by atoms with Crippen molar-refractivity contribution in [2.24, 2.45) is 0 Å². The number of piperazine rings is 1. The van der Waals surface area contributed by atoms with Crippen LogP contribution >= 0.6 is 0 Å². The minimum Gasteiger partial charge on any atom is -0.335 e. The Morgan fingerprint density at radius 3 is 2.05 bits per heavy atom. The van der Waals surface area contributed by atoms with Gasteiger partial charge in [0.15, 0.2) is 0 Å². The summed E-state index contributed by atoms with van der Waals surface area (Å²) in [6.45, 7) is 14.4. The van der Waals surface area contributed by atoms with Crippen LogP contribution in [-0.4, -0.2) is 61.0 Å². The van der Waals surface area contributed by atoms with E-state index in [2.05, 4.69) is 24.1 Å². The molecule has 4 heteroatoms. The van der Waals surface area contributed by atoms with E-state index in [1.807, 2.05) is 25.8 Å². The van der Waals surface area contributed by atoms with E-state index in [0.717, 1.165) is 19.6 Å². The first-order chi connectivity index (χ1) is 10.1. The SMILES string of the molecule is CC.CNCCCCCCN1CC(C)N(C(C)=O)C(C)C1. The number of hydrogen-bond acceptors (Lipinski definition) is 3. The smallest absolute Gasteiger partial charge is 0.220 e. The first kappa shape index (κ1) is 20.4. The maximum absolute atomic E-state index is 11.6. The zero-order chi connectivity index (χ0) is 16.3. The highest BCUT2D eigenvalue weighted by molar-refractivity contribution is 5.74. The van der Waals surface area contributed by atoms with Gasteiger partial charge in [0.1, 0.15) is 0 Å². The van der Waals surface area contributed by atoms with Gasteiger partial charge in [0.05, 0.1) is 0 Å². The summed E-state index contributed by atoms with van der Waals surface area (Å²) < 4.78 is 0. The molecule has 0 spiro atoms. The minimum absolute atomic E-state index is 0.215. The first-order valence-corrected chi connectivity index (χ1v) is 8.72. The molecule has 1 N–H and O–H groups in total. The molecule has 1 aliphatic heterocycles. The molecule has 0 aromatic carbocycles. The summed E-state index contributed by atoms with van der Waals surface area (Å²) in [4.78, 5) is 16.1. The van der Waals surface area contributed by atoms with Crippen molar-refractivity contribution >= 4 is 5.91 Å². The maximum atomic E-state index is 11.6. The van der Waals surface area contributed by atoms with E-state index in [0.29, 0.717) is 12.1 Å². The van der Waals surface area contributed by atoms with Crippen molar-refractivity contribution in [1.82, 2.24) is 15.1 Å². The predicted molar refractivity (Wildman–Crippen MR) is 91.6 cm³/mol. The van der Waals surface area contributed by atoms with E-state index in [9.17, 15) is 4.79 Å². The number of rotatable bonds is 7. The van der Waals surface area contributed by atoms with Crippen LogP contribution in [0, 0.1) is 0 Å². The van der Waals surface area contributed by atoms with Crippen LogP contribution in [0.2, 0.25) is 0 Å². The molecule has 0 saturated carbocycles. The molecular formula is C17H37N3O. The molecule has 1 amide bonds. The fourth-order valence-corrected chi connectivity index (χ4v) is 3.23. The summed E-state index contributed by atoms with van der Waals surface area (Å²) >= 11 is 0. The topological polar surface area (TPSA) is 35.6 Å². The van der Waals surface area contributed by atoms with Crippen LogP contribution in [0.15, 0.2) is 0 Å². The average molecular weight is 300 g/mol. The Labute approximate surface area is 132 Å². The molecule has 2 unspecified atom stereocenters. The molecule has 1 saturated heterocycles. The Bertz CT molecular complexity index is 259. The molecule has 0 radical (unpaired) electrons. The number of carbonyl (C=O) groups is 1. The van der Waals surface area contributed by atoms with E-state index >= 15 is 0 Å². The molecule has 0 aromatic rings. The highest BCUT2D eigenvalue weighted by Gasteiger charge is 2.30. The van der Waals surface area contributed by atoms with Gasteiger partial charge in [0, 0.05) is 32.1 Å². The van der Waals surface area contributed by atoms with Gasteiger partial charge in [0.25, 0.3) is 0 Å². The third kappa shape index (κ3) is 7.82. The lowest BCUT2D eigenvalue weighted by atomic mass is 10.1. The van der Waals surface area contributed by atoms with Gasteiger partial charge in [-0.05, 0) is 46.8 Å². The summed E-state index contributed by atoms with van der Waals surface area (Å²) in [5.41, 5.74) is 0. The minimum atomic E-state index is 0.215. The maximum Gasteiger partial charge on any atom is 0.220 e. The van der Waals surface area contributed by atoms with E-state index < -0.39 is 0 Å². The molecular weight excluding hydrogens is 262 g/mol. The predicted octanol–water partition coefficient (Wildman–Crippen LogP) is 2.73. The fourth-order valence-electron chi connectivity index (χ4n) is 3.23. The molecule has 1 fully saturated rings. The molecule has 0 aromatic heterocycles. The van der Waals surface area contributed by atoms with Crippen LogP contribution in [0.5, 0.6) is 0 Å². The van der Waals surface area contributed by atoms with E-state index in [-0.39, 0.29) is 5.91 Å². The quantitative estimate of drug-likeness (QED) is 0.734. The molecule has 126 valence electrons. The van der Waals surface area contributed by atoms with E-state index in [4.69, 9.17) is 0 Å². The first-order valence-electron chi connectivity index (χ1n) is 8.72. The number of hydrogen-bond donors (Lipinski definition) is 1. The number of unbranched alkanes of at least 4 members (excludes halogenated alkanes) is 3. The average Bonchev–Trinajstić information content (AvgIpc) is 2.43. The Morgan fingerprint density at radius 1 is 1.05 bits per heavy atom. The van der Waals surface area contributed by atoms with E-state index in [1.165, 1.54) is 32.2 Å². The normalized spacial score (nSPS) is 22.7. The fraction of sp³-hybridized carbons (Fsp3) is 0.941. The van der Waals surface area contributed by atoms with Gasteiger partial charge >= 0.3 is 0 Å². The summed E-state index contributed by atoms with van der Waals surface area (Å²) in [7, 11) is 2.01. The van der Waals surface area contributed by atoms with Crippen molar-refractivity contribution in [2.45, 2.75) is 72.4 Å². The van der Waals surface area contributed by atoms with Crippen molar-refractivity contribution < 1.29 is 4.79 Å². The van der Waals surface area contributed by atoms with Crippen LogP contribution in [0.3, 0.4) is 0 Å². The monoisotopic (exact) mass is 299 g/mol. The number of carbonyl (C=O) groups excluding carboxylic acids is 1. The van der Waals surface area contributed by atoms with Crippen molar-refractivity contribution in [3.63, 3.8) is 0 Å². The van der Waals surface area contributed by atoms with Crippen LogP contribution in [0.25, 0.3) is 0 Å². The molecule has 1 aliphatic rings. The lowest BCUT2D eigenvalue weighted by Gasteiger charge is -2.44. The molecule has 2 atom stereocenters. The largest absolute Gasteiger partial charge is 0.335 e. The van der Waals surface area contributed by atoms with E-state index in [1.54, 1.807) is 6.92 Å². The number of amides is 1. The van der Waals surface area contributed by atoms with Crippen LogP contribution < -0.4 is 5.32 Å². The van der Waals surface area contributed by atoms with Crippen LogP contribution in [0.1, 0.15) is 60.3 Å². The molecule has 0 aliphatic carbocycles. The van der Waals surface area contributed by atoms with Crippen molar-refractivity contribution in [1.29, 1.82) is 0 Å². The summed E-state index contributed by atoms with van der Waals surface area (Å²) in [6.07, 6.45) is 5.20. The lowest BCUT2D eigenvalue weighted by Crippen LogP contribution is -2.58. The van der Waals surface area contributed by atoms with Gasteiger partial charge in [-0.3, -0.25) is 9.69 Å². The zero-order valence-corrected chi connectivity index (χ0v) is 15.1. The van der Waals surface area contributed by atoms with Gasteiger partial charge in [-0.25, -0.2) is 0 Å². The summed E-state index contributed by atoms with van der Waals surface area (Å²) in [5.74, 6) is 0.215. The highest BCUT2D eigenvalue weighted by atomic mass is 16.2. The van der Waals surface area contributed by atoms with Crippen LogP contribution in [0.4, 0.5) is 0 Å². The molecule has 21 heavy (non-hydrogen) atoms. The number of nitrogens with one attached hydrogen (secondary N) is 1. The van der Waals surface area contributed by atoms with Gasteiger partial charge in [-0.2, -0.15) is 0 Å². The molecule has 4 nitrogen and oxygen atoms in total. The van der Waals surface area contributed by atoms with Crippen molar-refractivity contribution in [3.05, 3.63) is 0 Å². The Morgan fingerprint density at radius 2 is 1.57 bits per heavy atom. The second-order valence-electron chi connectivity index (χ2n) is 5.90. The van der Waals surface area contributed by atoms with Crippen molar-refractivity contribution in [3.8, 4) is 0 Å². The second kappa shape index (κ2) is 12.0. The Balaban J connectivity index is 0.00000191. The Hall–Kier alpha value is -0.610. The third-order valence-corrected chi connectivity index (χ3v) is 4.01. The highest BCUT2D eigenvalue weighted by Crippen LogP contribution is 2.16. The van der Waals surface area contributed by atoms with Gasteiger partial charge in [-0.15, -0.1) is 0 Å². The van der Waals surface area contributed by atoms with Gasteiger partial charge in [-0.1, -0.05) is 26.7 Å². The zero-order valence-electron chi connectivity index (χ0n) is 15.1. The standard InChI is InChI=1S/C15H31N3O.C2H6/c1-13-11-17(10-8-6-5-7-9-16-4)12-14(2)18(13)15(3)19;1-2/h13-14,16H,5-12H2,1-4H3;1-2H3. The third-order valence-electron chi connectivity index (χ3n) is 4.01. The lowest BCUT2D eigenvalue weighted by molar-refractivity contribution is -0.136. The molecule has 1 heterocycles. The summed E-state index contributed by atoms with van der Waals surface area (Å²) in [5, 5.41) is 3.19. The summed E-state index contributed by atoms with van der Waals surface area (Å²) in [6, 6.07) is 0.705.